The summed E-state index contributed by atoms with van der Waals surface area (Å²) in [5.41, 5.74) is 2.14. The second-order valence-corrected chi connectivity index (χ2v) is 11.6. The summed E-state index contributed by atoms with van der Waals surface area (Å²) in [6.45, 7) is 7.33. The van der Waals surface area contributed by atoms with Crippen molar-refractivity contribution < 1.29 is 22.7 Å². The lowest BCUT2D eigenvalue weighted by Gasteiger charge is -2.34. The van der Waals surface area contributed by atoms with Crippen LogP contribution in [0.5, 0.6) is 5.75 Å². The Balaban J connectivity index is 2.08. The fourth-order valence-corrected chi connectivity index (χ4v) is 5.77. The number of aryl methyl sites for hydroxylation is 1. The molecule has 40 heavy (non-hydrogen) atoms. The molecule has 214 valence electrons. The number of sulfonamides is 1. The molecule has 0 aromatic heterocycles. The van der Waals surface area contributed by atoms with Gasteiger partial charge in [-0.3, -0.25) is 13.9 Å². The molecule has 3 rings (SSSR count). The van der Waals surface area contributed by atoms with Crippen molar-refractivity contribution in [3.63, 3.8) is 0 Å². The number of carbonyl (C=O) groups is 2. The quantitative estimate of drug-likeness (QED) is 0.317. The molecule has 0 bridgehead atoms. The fraction of sp³-hybridized carbons (Fsp3) is 0.355. The molecule has 0 aliphatic rings. The van der Waals surface area contributed by atoms with E-state index in [0.717, 1.165) is 21.9 Å². The van der Waals surface area contributed by atoms with Gasteiger partial charge in [-0.2, -0.15) is 0 Å². The van der Waals surface area contributed by atoms with E-state index in [1.165, 1.54) is 24.1 Å². The minimum Gasteiger partial charge on any atom is -0.495 e. The van der Waals surface area contributed by atoms with E-state index in [2.05, 4.69) is 5.32 Å². The molecular weight excluding hydrogens is 526 g/mol. The molecule has 9 heteroatoms. The number of methoxy groups -OCH3 is 1. The fourth-order valence-electron chi connectivity index (χ4n) is 4.32. The van der Waals surface area contributed by atoms with Gasteiger partial charge in [-0.15, -0.1) is 0 Å². The van der Waals surface area contributed by atoms with Crippen LogP contribution in [0.3, 0.4) is 0 Å². The van der Waals surface area contributed by atoms with Gasteiger partial charge in [0.1, 0.15) is 18.3 Å². The minimum absolute atomic E-state index is 0.0420. The van der Waals surface area contributed by atoms with Gasteiger partial charge in [0.2, 0.25) is 11.8 Å². The summed E-state index contributed by atoms with van der Waals surface area (Å²) in [5.74, 6) is -0.467. The topological polar surface area (TPSA) is 96.0 Å². The molecule has 0 heterocycles. The SMILES string of the molecule is CC[C@H](C(=O)N[C@@H](C)CC)N(Cc1ccc(C)cc1)C(=O)CN(c1ccccc1OC)S(=O)(=O)c1ccccc1. The Bertz CT molecular complexity index is 1380. The smallest absolute Gasteiger partial charge is 0.264 e. The molecule has 0 aliphatic heterocycles. The average Bonchev–Trinajstić information content (AvgIpc) is 2.96. The molecule has 0 spiro atoms. The van der Waals surface area contributed by atoms with E-state index in [4.69, 9.17) is 4.74 Å². The van der Waals surface area contributed by atoms with E-state index in [1.54, 1.807) is 42.5 Å². The number of para-hydroxylation sites is 2. The van der Waals surface area contributed by atoms with Crippen LogP contribution < -0.4 is 14.4 Å². The molecule has 2 atom stereocenters. The van der Waals surface area contributed by atoms with Crippen molar-refractivity contribution in [2.75, 3.05) is 18.0 Å². The lowest BCUT2D eigenvalue weighted by Crippen LogP contribution is -2.53. The summed E-state index contributed by atoms with van der Waals surface area (Å²) in [6, 6.07) is 21.5. The maximum atomic E-state index is 14.1. The van der Waals surface area contributed by atoms with Gasteiger partial charge in [0.25, 0.3) is 10.0 Å². The number of hydrogen-bond donors (Lipinski definition) is 1. The predicted octanol–water partition coefficient (Wildman–Crippen LogP) is 4.92. The minimum atomic E-state index is -4.16. The number of rotatable bonds is 13. The molecule has 2 amide bonds. The highest BCUT2D eigenvalue weighted by molar-refractivity contribution is 7.92. The number of nitrogens with zero attached hydrogens (tertiary/aromatic N) is 2. The molecule has 0 radical (unpaired) electrons. The molecule has 1 N–H and O–H groups in total. The molecule has 0 fully saturated rings. The van der Waals surface area contributed by atoms with Gasteiger partial charge in [-0.05, 0) is 56.5 Å². The maximum Gasteiger partial charge on any atom is 0.264 e. The summed E-state index contributed by atoms with van der Waals surface area (Å²) in [5, 5.41) is 2.99. The Labute approximate surface area is 238 Å². The summed E-state index contributed by atoms with van der Waals surface area (Å²) < 4.78 is 34.4. The molecule has 0 saturated heterocycles. The van der Waals surface area contributed by atoms with Crippen molar-refractivity contribution in [1.29, 1.82) is 0 Å². The average molecular weight is 566 g/mol. The Morgan fingerprint density at radius 3 is 2.12 bits per heavy atom. The van der Waals surface area contributed by atoms with E-state index >= 15 is 0 Å². The zero-order valence-electron chi connectivity index (χ0n) is 23.8. The second-order valence-electron chi connectivity index (χ2n) is 9.75. The van der Waals surface area contributed by atoms with Crippen LogP contribution in [0, 0.1) is 6.92 Å². The zero-order chi connectivity index (χ0) is 29.3. The normalized spacial score (nSPS) is 12.7. The van der Waals surface area contributed by atoms with E-state index in [1.807, 2.05) is 52.0 Å². The Morgan fingerprint density at radius 2 is 1.52 bits per heavy atom. The second kappa shape index (κ2) is 14.0. The van der Waals surface area contributed by atoms with Crippen LogP contribution >= 0.6 is 0 Å². The largest absolute Gasteiger partial charge is 0.495 e. The number of nitrogens with one attached hydrogen (secondary N) is 1. The molecule has 0 aliphatic carbocycles. The standard InChI is InChI=1S/C31H39N3O5S/c1-6-24(4)32-31(36)27(7-2)33(21-25-19-17-23(3)18-20-25)30(35)22-34(28-15-11-12-16-29(28)39-5)40(37,38)26-13-9-8-10-14-26/h8-20,24,27H,6-7,21-22H2,1-5H3,(H,32,36)/t24-,27+/m0/s1. The highest BCUT2D eigenvalue weighted by atomic mass is 32.2. The first-order chi connectivity index (χ1) is 19.1. The highest BCUT2D eigenvalue weighted by Gasteiger charge is 2.34. The summed E-state index contributed by atoms with van der Waals surface area (Å²) in [7, 11) is -2.72. The van der Waals surface area contributed by atoms with Gasteiger partial charge in [0.05, 0.1) is 17.7 Å². The number of carbonyl (C=O) groups excluding carboxylic acids is 2. The van der Waals surface area contributed by atoms with Crippen molar-refractivity contribution in [2.24, 2.45) is 0 Å². The monoisotopic (exact) mass is 565 g/mol. The lowest BCUT2D eigenvalue weighted by molar-refractivity contribution is -0.140. The highest BCUT2D eigenvalue weighted by Crippen LogP contribution is 2.32. The third kappa shape index (κ3) is 7.41. The van der Waals surface area contributed by atoms with Gasteiger partial charge >= 0.3 is 0 Å². The van der Waals surface area contributed by atoms with Crippen LogP contribution in [0.4, 0.5) is 5.69 Å². The summed E-state index contributed by atoms with van der Waals surface area (Å²) in [6.07, 6.45) is 1.10. The molecule has 0 unspecified atom stereocenters. The number of anilines is 1. The van der Waals surface area contributed by atoms with Gasteiger partial charge in [0.15, 0.2) is 0 Å². The van der Waals surface area contributed by atoms with Crippen LogP contribution in [0.1, 0.15) is 44.7 Å². The molecule has 3 aromatic carbocycles. The summed E-state index contributed by atoms with van der Waals surface area (Å²) >= 11 is 0. The Morgan fingerprint density at radius 1 is 0.900 bits per heavy atom. The summed E-state index contributed by atoms with van der Waals surface area (Å²) in [4.78, 5) is 29.0. The van der Waals surface area contributed by atoms with Gasteiger partial charge in [-0.1, -0.05) is 74.0 Å². The molecule has 8 nitrogen and oxygen atoms in total. The number of benzene rings is 3. The number of hydrogen-bond acceptors (Lipinski definition) is 5. The Hall–Kier alpha value is -3.85. The number of amides is 2. The van der Waals surface area contributed by atoms with E-state index in [9.17, 15) is 18.0 Å². The third-order valence-corrected chi connectivity index (χ3v) is 8.60. The van der Waals surface area contributed by atoms with Crippen LogP contribution in [-0.4, -0.2) is 50.9 Å². The lowest BCUT2D eigenvalue weighted by atomic mass is 10.1. The van der Waals surface area contributed by atoms with Crippen molar-refractivity contribution in [3.05, 3.63) is 90.0 Å². The van der Waals surface area contributed by atoms with E-state index in [0.29, 0.717) is 12.2 Å². The first-order valence-corrected chi connectivity index (χ1v) is 14.9. The first kappa shape index (κ1) is 30.7. The van der Waals surface area contributed by atoms with Crippen LogP contribution in [0.2, 0.25) is 0 Å². The van der Waals surface area contributed by atoms with Crippen molar-refractivity contribution in [2.45, 2.75) is 64.1 Å². The zero-order valence-corrected chi connectivity index (χ0v) is 24.6. The first-order valence-electron chi connectivity index (χ1n) is 13.5. The Kier molecular flexibility index (Phi) is 10.7. The van der Waals surface area contributed by atoms with Crippen LogP contribution in [0.25, 0.3) is 0 Å². The van der Waals surface area contributed by atoms with Crippen LogP contribution in [0.15, 0.2) is 83.8 Å². The van der Waals surface area contributed by atoms with Gasteiger partial charge < -0.3 is 15.0 Å². The number of ether oxygens (including phenoxy) is 1. The predicted molar refractivity (Wildman–Crippen MR) is 158 cm³/mol. The van der Waals surface area contributed by atoms with Crippen LogP contribution in [-0.2, 0) is 26.2 Å². The van der Waals surface area contributed by atoms with Gasteiger partial charge in [0, 0.05) is 12.6 Å². The maximum absolute atomic E-state index is 14.1. The van der Waals surface area contributed by atoms with E-state index < -0.39 is 28.5 Å². The molecule has 0 saturated carbocycles. The van der Waals surface area contributed by atoms with Gasteiger partial charge in [-0.25, -0.2) is 8.42 Å². The van der Waals surface area contributed by atoms with E-state index in [-0.39, 0.29) is 29.1 Å². The van der Waals surface area contributed by atoms with Crippen molar-refractivity contribution in [1.82, 2.24) is 10.2 Å². The third-order valence-electron chi connectivity index (χ3n) is 6.82. The van der Waals surface area contributed by atoms with Crippen molar-refractivity contribution in [3.8, 4) is 5.75 Å². The molecule has 3 aromatic rings. The van der Waals surface area contributed by atoms with Crippen molar-refractivity contribution >= 4 is 27.5 Å². The molecular formula is C31H39N3O5S.